The predicted molar refractivity (Wildman–Crippen MR) is 79.4 cm³/mol. The van der Waals surface area contributed by atoms with Gasteiger partial charge in [0.1, 0.15) is 0 Å². The molecule has 1 saturated heterocycles. The number of piperidine rings is 1. The second-order valence-electron chi connectivity index (χ2n) is 5.34. The van der Waals surface area contributed by atoms with Gasteiger partial charge in [-0.3, -0.25) is 0 Å². The van der Waals surface area contributed by atoms with Crippen LogP contribution in [0.3, 0.4) is 0 Å². The highest BCUT2D eigenvalue weighted by Gasteiger charge is 2.25. The number of rotatable bonds is 4. The average molecular weight is 317 g/mol. The van der Waals surface area contributed by atoms with Gasteiger partial charge in [-0.1, -0.05) is 0 Å². The fraction of sp³-hybridized carbons (Fsp3) is 0.667. The van der Waals surface area contributed by atoms with Gasteiger partial charge in [-0.05, 0) is 12.8 Å². The van der Waals surface area contributed by atoms with Crippen LogP contribution >= 0.6 is 0 Å². The van der Waals surface area contributed by atoms with Crippen LogP contribution in [0.15, 0.2) is 6.20 Å². The van der Waals surface area contributed by atoms with E-state index in [-0.39, 0.29) is 11.9 Å². The maximum Gasteiger partial charge on any atom is 0.226 e. The van der Waals surface area contributed by atoms with Crippen molar-refractivity contribution in [2.75, 3.05) is 43.7 Å². The SMILES string of the molecule is CN(C)c1ncc(F)c(NC2CCN(S(C)(=O)=O)CC2)n1. The van der Waals surface area contributed by atoms with Crippen LogP contribution in [0.5, 0.6) is 0 Å². The van der Waals surface area contributed by atoms with E-state index in [0.29, 0.717) is 31.9 Å². The molecule has 0 saturated carbocycles. The molecule has 0 amide bonds. The highest BCUT2D eigenvalue weighted by atomic mass is 32.2. The summed E-state index contributed by atoms with van der Waals surface area (Å²) >= 11 is 0. The lowest BCUT2D eigenvalue weighted by molar-refractivity contribution is 0.331. The summed E-state index contributed by atoms with van der Waals surface area (Å²) in [6.45, 7) is 0.869. The Bertz CT molecular complexity index is 600. The van der Waals surface area contributed by atoms with Crippen LogP contribution < -0.4 is 10.2 Å². The fourth-order valence-electron chi connectivity index (χ4n) is 2.20. The Kier molecular flexibility index (Phi) is 4.62. The number of sulfonamides is 1. The van der Waals surface area contributed by atoms with E-state index in [0.717, 1.165) is 6.20 Å². The first-order chi connectivity index (χ1) is 9.77. The molecule has 1 aliphatic rings. The third-order valence-corrected chi connectivity index (χ3v) is 4.70. The molecule has 1 fully saturated rings. The van der Waals surface area contributed by atoms with Gasteiger partial charge in [0.25, 0.3) is 0 Å². The first-order valence-electron chi connectivity index (χ1n) is 6.69. The Balaban J connectivity index is 2.02. The summed E-state index contributed by atoms with van der Waals surface area (Å²) in [6, 6.07) is 0.00223. The number of hydrogen-bond donors (Lipinski definition) is 1. The Morgan fingerprint density at radius 3 is 2.52 bits per heavy atom. The van der Waals surface area contributed by atoms with Crippen LogP contribution in [0.1, 0.15) is 12.8 Å². The van der Waals surface area contributed by atoms with Gasteiger partial charge in [0.15, 0.2) is 11.6 Å². The molecule has 1 N–H and O–H groups in total. The van der Waals surface area contributed by atoms with Gasteiger partial charge in [0.2, 0.25) is 16.0 Å². The summed E-state index contributed by atoms with van der Waals surface area (Å²) in [5, 5.41) is 3.04. The quantitative estimate of drug-likeness (QED) is 0.872. The predicted octanol–water partition coefficient (Wildman–Crippen LogP) is 0.518. The van der Waals surface area contributed by atoms with Gasteiger partial charge in [0.05, 0.1) is 12.5 Å². The van der Waals surface area contributed by atoms with E-state index in [1.165, 1.54) is 10.6 Å². The number of aromatic nitrogens is 2. The van der Waals surface area contributed by atoms with Crippen LogP contribution in [0.4, 0.5) is 16.2 Å². The zero-order valence-corrected chi connectivity index (χ0v) is 13.2. The third-order valence-electron chi connectivity index (χ3n) is 3.40. The lowest BCUT2D eigenvalue weighted by Crippen LogP contribution is -2.42. The minimum absolute atomic E-state index is 0.00223. The van der Waals surface area contributed by atoms with Gasteiger partial charge in [-0.15, -0.1) is 0 Å². The summed E-state index contributed by atoms with van der Waals surface area (Å²) in [5.74, 6) is 0.0742. The maximum atomic E-state index is 13.7. The maximum absolute atomic E-state index is 13.7. The van der Waals surface area contributed by atoms with Crippen molar-refractivity contribution in [1.82, 2.24) is 14.3 Å². The molecule has 0 aliphatic carbocycles. The Labute approximate surface area is 124 Å². The highest BCUT2D eigenvalue weighted by molar-refractivity contribution is 7.88. The zero-order valence-electron chi connectivity index (χ0n) is 12.4. The fourth-order valence-corrected chi connectivity index (χ4v) is 3.07. The average Bonchev–Trinajstić information content (AvgIpc) is 2.40. The Morgan fingerprint density at radius 1 is 1.38 bits per heavy atom. The summed E-state index contributed by atoms with van der Waals surface area (Å²) < 4.78 is 38.1. The summed E-state index contributed by atoms with van der Waals surface area (Å²) in [4.78, 5) is 9.71. The molecule has 2 rings (SSSR count). The molecule has 7 nitrogen and oxygen atoms in total. The van der Waals surface area contributed by atoms with Gasteiger partial charge in [-0.25, -0.2) is 22.1 Å². The molecule has 118 valence electrons. The van der Waals surface area contributed by atoms with E-state index in [1.807, 2.05) is 0 Å². The van der Waals surface area contributed by atoms with Gasteiger partial charge in [0, 0.05) is 33.2 Å². The second-order valence-corrected chi connectivity index (χ2v) is 7.32. The van der Waals surface area contributed by atoms with Crippen molar-refractivity contribution < 1.29 is 12.8 Å². The number of nitrogens with zero attached hydrogens (tertiary/aromatic N) is 4. The molecule has 0 atom stereocenters. The van der Waals surface area contributed by atoms with Crippen molar-refractivity contribution in [2.45, 2.75) is 18.9 Å². The molecule has 0 radical (unpaired) electrons. The largest absolute Gasteiger partial charge is 0.365 e. The number of hydrogen-bond acceptors (Lipinski definition) is 6. The van der Waals surface area contributed by atoms with E-state index in [1.54, 1.807) is 19.0 Å². The van der Waals surface area contributed by atoms with Crippen LogP contribution in [0, 0.1) is 5.82 Å². The molecule has 2 heterocycles. The molecular weight excluding hydrogens is 297 g/mol. The van der Waals surface area contributed by atoms with E-state index >= 15 is 0 Å². The molecule has 21 heavy (non-hydrogen) atoms. The summed E-state index contributed by atoms with van der Waals surface area (Å²) in [5.41, 5.74) is 0. The van der Waals surface area contributed by atoms with Crippen molar-refractivity contribution in [3.8, 4) is 0 Å². The molecule has 0 unspecified atom stereocenters. The van der Waals surface area contributed by atoms with Gasteiger partial charge in [-0.2, -0.15) is 4.98 Å². The monoisotopic (exact) mass is 317 g/mol. The zero-order chi connectivity index (χ0) is 15.6. The lowest BCUT2D eigenvalue weighted by Gasteiger charge is -2.31. The molecule has 1 aromatic heterocycles. The van der Waals surface area contributed by atoms with Crippen LogP contribution in [-0.2, 0) is 10.0 Å². The standard InChI is InChI=1S/C12H20FN5O2S/c1-17(2)12-14-8-10(13)11(16-12)15-9-4-6-18(7-5-9)21(3,19)20/h8-9H,4-7H2,1-3H3,(H,14,15,16). The molecule has 1 aliphatic heterocycles. The molecular formula is C12H20FN5O2S. The smallest absolute Gasteiger partial charge is 0.226 e. The van der Waals surface area contributed by atoms with Crippen molar-refractivity contribution in [1.29, 1.82) is 0 Å². The Hall–Kier alpha value is -1.48. The number of nitrogens with one attached hydrogen (secondary N) is 1. The minimum Gasteiger partial charge on any atom is -0.365 e. The van der Waals surface area contributed by atoms with E-state index in [4.69, 9.17) is 0 Å². The summed E-state index contributed by atoms with van der Waals surface area (Å²) in [7, 11) is 0.410. The van der Waals surface area contributed by atoms with E-state index < -0.39 is 15.8 Å². The number of anilines is 2. The Morgan fingerprint density at radius 2 is 2.00 bits per heavy atom. The molecule has 9 heteroatoms. The molecule has 0 spiro atoms. The second kappa shape index (κ2) is 6.10. The van der Waals surface area contributed by atoms with Crippen molar-refractivity contribution in [3.63, 3.8) is 0 Å². The van der Waals surface area contributed by atoms with Crippen LogP contribution in [0.2, 0.25) is 0 Å². The minimum atomic E-state index is -3.15. The third kappa shape index (κ3) is 4.01. The lowest BCUT2D eigenvalue weighted by atomic mass is 10.1. The van der Waals surface area contributed by atoms with E-state index in [2.05, 4.69) is 15.3 Å². The topological polar surface area (TPSA) is 78.4 Å². The molecule has 0 aromatic carbocycles. The van der Waals surface area contributed by atoms with Crippen molar-refractivity contribution in [2.24, 2.45) is 0 Å². The van der Waals surface area contributed by atoms with Crippen LogP contribution in [-0.4, -0.2) is 62.2 Å². The van der Waals surface area contributed by atoms with E-state index in [9.17, 15) is 12.8 Å². The van der Waals surface area contributed by atoms with Gasteiger partial charge >= 0.3 is 0 Å². The first kappa shape index (κ1) is 15.9. The molecule has 0 bridgehead atoms. The molecule has 1 aromatic rings. The normalized spacial score (nSPS) is 17.7. The number of halogens is 1. The van der Waals surface area contributed by atoms with Crippen LogP contribution in [0.25, 0.3) is 0 Å². The van der Waals surface area contributed by atoms with Crippen molar-refractivity contribution >= 4 is 21.8 Å². The summed E-state index contributed by atoms with van der Waals surface area (Å²) in [6.07, 6.45) is 3.58. The van der Waals surface area contributed by atoms with Crippen molar-refractivity contribution in [3.05, 3.63) is 12.0 Å². The van der Waals surface area contributed by atoms with Gasteiger partial charge < -0.3 is 10.2 Å². The highest BCUT2D eigenvalue weighted by Crippen LogP contribution is 2.20. The first-order valence-corrected chi connectivity index (χ1v) is 8.53.